The summed E-state index contributed by atoms with van der Waals surface area (Å²) in [6.45, 7) is 4.60. The quantitative estimate of drug-likeness (QED) is 0.163. The van der Waals surface area contributed by atoms with Gasteiger partial charge in [0.15, 0.2) is 0 Å². The third-order valence-electron chi connectivity index (χ3n) is 5.46. The summed E-state index contributed by atoms with van der Waals surface area (Å²) in [6, 6.07) is 0. The predicted molar refractivity (Wildman–Crippen MR) is 114 cm³/mol. The van der Waals surface area contributed by atoms with E-state index in [0.717, 1.165) is 0 Å². The zero-order chi connectivity index (χ0) is 17.6. The van der Waals surface area contributed by atoms with Gasteiger partial charge >= 0.3 is 68.9 Å². The van der Waals surface area contributed by atoms with Gasteiger partial charge in [0.1, 0.15) is 0 Å². The third kappa shape index (κ3) is 28.4. The zero-order valence-electron chi connectivity index (χ0n) is 19.6. The fourth-order valence-corrected chi connectivity index (χ4v) is 3.68. The van der Waals surface area contributed by atoms with Crippen molar-refractivity contribution in [1.82, 2.24) is 0 Å². The minimum absolute atomic E-state index is 0. The largest absolute Gasteiger partial charge is 1.00 e. The van der Waals surface area contributed by atoms with Gasteiger partial charge in [-0.2, -0.15) is 0 Å². The molecule has 0 aromatic carbocycles. The fourth-order valence-electron chi connectivity index (χ4n) is 3.68. The molecule has 0 fully saturated rings. The Morgan fingerprint density at radius 2 is 0.400 bits per heavy atom. The average Bonchev–Trinajstić information content (AvgIpc) is 2.60. The van der Waals surface area contributed by atoms with Crippen molar-refractivity contribution in [3.63, 3.8) is 0 Å². The van der Waals surface area contributed by atoms with Gasteiger partial charge in [-0.25, -0.2) is 0 Å². The van der Waals surface area contributed by atoms with Crippen molar-refractivity contribution in [3.05, 3.63) is 0 Å². The molecule has 0 aromatic heterocycles. The summed E-state index contributed by atoms with van der Waals surface area (Å²) in [4.78, 5) is 0. The van der Waals surface area contributed by atoms with Crippen molar-refractivity contribution in [2.45, 2.75) is 155 Å². The average molecular weight is 473 g/mol. The second-order valence-corrected chi connectivity index (χ2v) is 8.07. The molecule has 0 aliphatic carbocycles. The van der Waals surface area contributed by atoms with E-state index in [1.165, 1.54) is 141 Å². The molecule has 0 bridgehead atoms. The van der Waals surface area contributed by atoms with Gasteiger partial charge in [0.25, 0.3) is 0 Å². The molecule has 0 unspecified atom stereocenters. The number of rotatable bonds is 21. The van der Waals surface area contributed by atoms with E-state index in [1.54, 1.807) is 0 Å². The fraction of sp³-hybridized carbons (Fsp3) is 1.00. The van der Waals surface area contributed by atoms with Crippen molar-refractivity contribution < 1.29 is 70.3 Å². The topological polar surface area (TPSA) is 0 Å². The Hall–Kier alpha value is 2.05. The molecule has 0 saturated carbocycles. The summed E-state index contributed by atoms with van der Waals surface area (Å²) in [5.74, 6) is 0. The van der Waals surface area contributed by atoms with E-state index in [2.05, 4.69) is 13.8 Å². The predicted octanol–water partition coefficient (Wildman–Crippen LogP) is 6.72. The summed E-state index contributed by atoms with van der Waals surface area (Å²) < 4.78 is 0. The van der Waals surface area contributed by atoms with Gasteiger partial charge in [-0.15, -0.1) is 0 Å². The summed E-state index contributed by atoms with van der Waals surface area (Å²) in [5.41, 5.74) is 0. The van der Waals surface area contributed by atoms with Crippen LogP contribution in [0.25, 0.3) is 0 Å². The third-order valence-corrected chi connectivity index (χ3v) is 5.46. The van der Waals surface area contributed by atoms with Crippen molar-refractivity contribution in [1.29, 1.82) is 0 Å². The first kappa shape index (κ1) is 29.3. The Labute approximate surface area is 222 Å². The standard InChI is InChI=1S/C24H50.Cs.H/c1-3-5-7-9-11-13-15-17-19-21-23-24-22-20-18-16-14-12-10-8-6-4-2;;/h3-24H2,1-2H3;;/q;+1;-1. The Balaban J connectivity index is -0.00000264. The monoisotopic (exact) mass is 472 g/mol. The van der Waals surface area contributed by atoms with Crippen LogP contribution in [0.4, 0.5) is 0 Å². The van der Waals surface area contributed by atoms with E-state index in [1.807, 2.05) is 0 Å². The molecule has 148 valence electrons. The molecular weight excluding hydrogens is 421 g/mol. The number of hydrogen-bond acceptors (Lipinski definition) is 0. The van der Waals surface area contributed by atoms with Crippen LogP contribution >= 0.6 is 0 Å². The van der Waals surface area contributed by atoms with Crippen LogP contribution in [0.5, 0.6) is 0 Å². The molecule has 0 N–H and O–H groups in total. The van der Waals surface area contributed by atoms with E-state index in [9.17, 15) is 0 Å². The molecule has 0 aliphatic rings. The maximum absolute atomic E-state index is 2.30. The van der Waals surface area contributed by atoms with Gasteiger partial charge < -0.3 is 1.43 Å². The van der Waals surface area contributed by atoms with E-state index in [4.69, 9.17) is 0 Å². The normalized spacial score (nSPS) is 10.8. The number of hydrogen-bond donors (Lipinski definition) is 0. The molecule has 1 heteroatoms. The smallest absolute Gasteiger partial charge is 1.00 e. The molecule has 0 nitrogen and oxygen atoms in total. The second kappa shape index (κ2) is 28.3. The van der Waals surface area contributed by atoms with E-state index < -0.39 is 0 Å². The van der Waals surface area contributed by atoms with Gasteiger partial charge in [-0.05, 0) is 0 Å². The first-order chi connectivity index (χ1) is 11.9. The van der Waals surface area contributed by atoms with Crippen LogP contribution in [0.2, 0.25) is 0 Å². The van der Waals surface area contributed by atoms with Crippen LogP contribution < -0.4 is 68.9 Å². The van der Waals surface area contributed by atoms with Crippen molar-refractivity contribution >= 4 is 0 Å². The van der Waals surface area contributed by atoms with Gasteiger partial charge in [0.2, 0.25) is 0 Å². The van der Waals surface area contributed by atoms with Crippen LogP contribution in [0.15, 0.2) is 0 Å². The molecule has 0 saturated heterocycles. The molecule has 0 aliphatic heterocycles. The Morgan fingerprint density at radius 3 is 0.520 bits per heavy atom. The summed E-state index contributed by atoms with van der Waals surface area (Å²) >= 11 is 0. The van der Waals surface area contributed by atoms with Crippen molar-refractivity contribution in [2.24, 2.45) is 0 Å². The van der Waals surface area contributed by atoms with E-state index in [0.29, 0.717) is 0 Å². The maximum atomic E-state index is 2.30. The maximum Gasteiger partial charge on any atom is 1.00 e. The van der Waals surface area contributed by atoms with Gasteiger partial charge in [-0.1, -0.05) is 155 Å². The zero-order valence-corrected chi connectivity index (χ0v) is 24.8. The van der Waals surface area contributed by atoms with E-state index >= 15 is 0 Å². The van der Waals surface area contributed by atoms with Crippen LogP contribution in [0, 0.1) is 0 Å². The molecule has 0 rings (SSSR count). The molecule has 0 radical (unpaired) electrons. The summed E-state index contributed by atoms with van der Waals surface area (Å²) in [5, 5.41) is 0. The van der Waals surface area contributed by atoms with Crippen LogP contribution in [0.3, 0.4) is 0 Å². The molecular formula is C24H51Cs. The van der Waals surface area contributed by atoms with Crippen LogP contribution in [-0.4, -0.2) is 0 Å². The first-order valence-electron chi connectivity index (χ1n) is 11.9. The minimum Gasteiger partial charge on any atom is -1.00 e. The van der Waals surface area contributed by atoms with Crippen molar-refractivity contribution in [3.8, 4) is 0 Å². The minimum atomic E-state index is 0. The molecule has 0 atom stereocenters. The van der Waals surface area contributed by atoms with Crippen molar-refractivity contribution in [2.75, 3.05) is 0 Å². The first-order valence-corrected chi connectivity index (χ1v) is 11.9. The van der Waals surface area contributed by atoms with Gasteiger partial charge in [-0.3, -0.25) is 0 Å². The molecule has 0 heterocycles. The summed E-state index contributed by atoms with van der Waals surface area (Å²) in [6.07, 6.45) is 32.4. The SMILES string of the molecule is CCCCCCCCCCCCCCCCCCCCCCCC.[Cs+].[H-]. The Kier molecular flexibility index (Phi) is 33.1. The van der Waals surface area contributed by atoms with Gasteiger partial charge in [0, 0.05) is 0 Å². The summed E-state index contributed by atoms with van der Waals surface area (Å²) in [7, 11) is 0. The molecule has 25 heavy (non-hydrogen) atoms. The second-order valence-electron chi connectivity index (χ2n) is 8.07. The molecule has 0 aromatic rings. The number of unbranched alkanes of at least 4 members (excludes halogenated alkanes) is 21. The van der Waals surface area contributed by atoms with Gasteiger partial charge in [0.05, 0.1) is 0 Å². The van der Waals surface area contributed by atoms with E-state index in [-0.39, 0.29) is 70.3 Å². The van der Waals surface area contributed by atoms with Crippen LogP contribution in [-0.2, 0) is 0 Å². The molecule has 0 amide bonds. The Bertz CT molecular complexity index is 186. The Morgan fingerprint density at radius 1 is 0.280 bits per heavy atom. The van der Waals surface area contributed by atoms with Crippen LogP contribution in [0.1, 0.15) is 157 Å². The molecule has 0 spiro atoms.